The van der Waals surface area contributed by atoms with E-state index < -0.39 is 0 Å². The Balaban J connectivity index is -0.0000000817. The molecule has 0 unspecified atom stereocenters. The summed E-state index contributed by atoms with van der Waals surface area (Å²) < 4.78 is 5.22. The molecule has 0 aliphatic rings. The quantitative estimate of drug-likeness (QED) is 0.296. The Labute approximate surface area is 107 Å². The molecule has 0 aromatic rings. The predicted molar refractivity (Wildman–Crippen MR) is 43.6 cm³/mol. The maximum Gasteiger partial charge on any atom is 1.00 e. The van der Waals surface area contributed by atoms with E-state index in [4.69, 9.17) is 4.74 Å². The third-order valence-electron chi connectivity index (χ3n) is 0.723. The van der Waals surface area contributed by atoms with Crippen molar-refractivity contribution in [3.8, 4) is 0 Å². The number of hydrogen-bond donors (Lipinski definition) is 1. The van der Waals surface area contributed by atoms with Crippen molar-refractivity contribution in [2.24, 2.45) is 0 Å². The van der Waals surface area contributed by atoms with Crippen molar-refractivity contribution < 1.29 is 52.8 Å². The van der Waals surface area contributed by atoms with Gasteiger partial charge in [0.1, 0.15) is 0 Å². The second-order valence-electron chi connectivity index (χ2n) is 1.47. The van der Waals surface area contributed by atoms with Gasteiger partial charge in [-0.1, -0.05) is 26.0 Å². The van der Waals surface area contributed by atoms with E-state index in [-0.39, 0.29) is 48.1 Å². The zero-order chi connectivity index (χ0) is 6.41. The fourth-order valence-corrected chi connectivity index (χ4v) is 0.478. The van der Waals surface area contributed by atoms with Gasteiger partial charge in [0, 0.05) is 17.1 Å². The SMILES string of the molecule is CCCCOC(=S)S.[Cu].[H-].[Na+]. The van der Waals surface area contributed by atoms with Crippen LogP contribution in [0.1, 0.15) is 21.2 Å². The summed E-state index contributed by atoms with van der Waals surface area (Å²) in [6.45, 7) is 2.81. The number of rotatable bonds is 3. The Morgan fingerprint density at radius 1 is 1.70 bits per heavy atom. The van der Waals surface area contributed by atoms with E-state index in [1.807, 2.05) is 0 Å². The molecule has 0 amide bonds. The van der Waals surface area contributed by atoms with Crippen LogP contribution >= 0.6 is 24.8 Å². The molecule has 1 nitrogen and oxygen atoms in total. The monoisotopic (exact) mass is 237 g/mol. The number of hydrogen-bond acceptors (Lipinski definition) is 2. The number of thiol groups is 1. The van der Waals surface area contributed by atoms with Crippen molar-refractivity contribution in [2.75, 3.05) is 6.61 Å². The van der Waals surface area contributed by atoms with E-state index in [9.17, 15) is 0 Å². The van der Waals surface area contributed by atoms with E-state index >= 15 is 0 Å². The maximum atomic E-state index is 4.88. The first-order valence-electron chi connectivity index (χ1n) is 2.63. The van der Waals surface area contributed by atoms with Gasteiger partial charge in [-0.2, -0.15) is 0 Å². The summed E-state index contributed by atoms with van der Waals surface area (Å²) in [7, 11) is 0. The first-order valence-corrected chi connectivity index (χ1v) is 3.48. The molecule has 61 valence electrons. The van der Waals surface area contributed by atoms with Crippen LogP contribution in [0.3, 0.4) is 0 Å². The summed E-state index contributed by atoms with van der Waals surface area (Å²) in [6.07, 6.45) is 2.19. The van der Waals surface area contributed by atoms with Crippen molar-refractivity contribution in [2.45, 2.75) is 19.8 Å². The molecule has 0 N–H and O–H groups in total. The molecule has 0 rings (SSSR count). The van der Waals surface area contributed by atoms with Gasteiger partial charge in [0.15, 0.2) is 0 Å². The summed E-state index contributed by atoms with van der Waals surface area (Å²) in [5.74, 6) is 0. The Bertz CT molecular complexity index is 86.9. The zero-order valence-electron chi connectivity index (χ0n) is 7.19. The Morgan fingerprint density at radius 3 is 2.50 bits per heavy atom. The second kappa shape index (κ2) is 13.4. The molecule has 0 saturated carbocycles. The molecule has 0 bridgehead atoms. The zero-order valence-corrected chi connectivity index (χ0v) is 10.8. The molecule has 0 heterocycles. The Hall–Kier alpha value is 1.76. The number of thiocarbonyl (C=S) groups is 1. The second-order valence-corrected chi connectivity index (χ2v) is 2.55. The fraction of sp³-hybridized carbons (Fsp3) is 0.800. The molecule has 10 heavy (non-hydrogen) atoms. The topological polar surface area (TPSA) is 9.23 Å². The van der Waals surface area contributed by atoms with Crippen molar-refractivity contribution in [1.82, 2.24) is 0 Å². The summed E-state index contributed by atoms with van der Waals surface area (Å²) in [5, 5.41) is 0. The fourth-order valence-electron chi connectivity index (χ4n) is 0.304. The van der Waals surface area contributed by atoms with Crippen molar-refractivity contribution in [3.63, 3.8) is 0 Å². The predicted octanol–water partition coefficient (Wildman–Crippen LogP) is -0.868. The average molecular weight is 238 g/mol. The van der Waals surface area contributed by atoms with Crippen LogP contribution in [-0.2, 0) is 21.8 Å². The van der Waals surface area contributed by atoms with E-state index in [1.54, 1.807) is 0 Å². The molecule has 0 fully saturated rings. The first kappa shape index (κ1) is 17.7. The van der Waals surface area contributed by atoms with Gasteiger partial charge in [-0.05, 0) is 18.6 Å². The first-order chi connectivity index (χ1) is 3.77. The van der Waals surface area contributed by atoms with Crippen LogP contribution in [0.2, 0.25) is 0 Å². The molecule has 0 aromatic heterocycles. The van der Waals surface area contributed by atoms with E-state index in [1.165, 1.54) is 0 Å². The minimum Gasteiger partial charge on any atom is -1.00 e. The number of unbranched alkanes of at least 4 members (excludes halogenated alkanes) is 1. The van der Waals surface area contributed by atoms with E-state index in [0.29, 0.717) is 11.0 Å². The van der Waals surface area contributed by atoms with Crippen LogP contribution in [0.25, 0.3) is 0 Å². The molecule has 5 heteroatoms. The van der Waals surface area contributed by atoms with Gasteiger partial charge in [0.2, 0.25) is 4.38 Å². The molecule has 1 radical (unpaired) electrons. The summed E-state index contributed by atoms with van der Waals surface area (Å²) >= 11 is 8.33. The normalized spacial score (nSPS) is 7.00. The van der Waals surface area contributed by atoms with Gasteiger partial charge >= 0.3 is 29.6 Å². The summed E-state index contributed by atoms with van der Waals surface area (Å²) in [4.78, 5) is 0. The van der Waals surface area contributed by atoms with E-state index in [0.717, 1.165) is 12.8 Å². The van der Waals surface area contributed by atoms with Crippen LogP contribution in [0.15, 0.2) is 0 Å². The third-order valence-corrected chi connectivity index (χ3v) is 0.970. The van der Waals surface area contributed by atoms with Gasteiger partial charge in [0.05, 0.1) is 6.61 Å². The molecular formula is C5H11CuNaOS2. The van der Waals surface area contributed by atoms with Gasteiger partial charge in [-0.15, -0.1) is 0 Å². The van der Waals surface area contributed by atoms with Gasteiger partial charge < -0.3 is 6.16 Å². The Morgan fingerprint density at radius 2 is 2.20 bits per heavy atom. The molecule has 0 aliphatic heterocycles. The Kier molecular flexibility index (Phi) is 23.7. The van der Waals surface area contributed by atoms with Crippen LogP contribution in [0.4, 0.5) is 0 Å². The summed E-state index contributed by atoms with van der Waals surface area (Å²) in [5.41, 5.74) is 0. The molecule has 0 spiro atoms. The largest absolute Gasteiger partial charge is 1.00 e. The molecule has 0 aliphatic carbocycles. The number of ether oxygens (including phenoxy) is 1. The van der Waals surface area contributed by atoms with Crippen molar-refractivity contribution in [1.29, 1.82) is 0 Å². The third kappa shape index (κ3) is 16.4. The molecule has 0 saturated heterocycles. The van der Waals surface area contributed by atoms with Crippen molar-refractivity contribution in [3.05, 3.63) is 0 Å². The minimum atomic E-state index is 0. The maximum absolute atomic E-state index is 4.88. The van der Waals surface area contributed by atoms with Crippen LogP contribution < -0.4 is 29.6 Å². The van der Waals surface area contributed by atoms with Crippen LogP contribution in [-0.4, -0.2) is 11.0 Å². The average Bonchev–Trinajstić information content (AvgIpc) is 1.66. The summed E-state index contributed by atoms with van der Waals surface area (Å²) in [6, 6.07) is 0. The van der Waals surface area contributed by atoms with Gasteiger partial charge in [-0.3, -0.25) is 0 Å². The minimum absolute atomic E-state index is 0. The molecule has 0 atom stereocenters. The molecule has 0 aromatic carbocycles. The van der Waals surface area contributed by atoms with E-state index in [2.05, 4.69) is 31.8 Å². The molecular weight excluding hydrogens is 227 g/mol. The van der Waals surface area contributed by atoms with Gasteiger partial charge in [-0.25, -0.2) is 0 Å². The van der Waals surface area contributed by atoms with Crippen molar-refractivity contribution >= 4 is 29.2 Å². The van der Waals surface area contributed by atoms with Crippen LogP contribution in [0.5, 0.6) is 0 Å². The standard InChI is InChI=1S/C5H10OS2.Cu.Na.H/c1-2-3-4-6-5(7)8;;;/h2-4H2,1H3,(H,7,8);;;/q;;+1;-1. The van der Waals surface area contributed by atoms with Crippen LogP contribution in [0, 0.1) is 0 Å². The smallest absolute Gasteiger partial charge is 1.00 e. The van der Waals surface area contributed by atoms with Gasteiger partial charge in [0.25, 0.3) is 0 Å².